The standard InChI is InChI=1S/C11H14ClF/c1-9(3-2-8-13)10-4-6-11(12)7-5-10/h4-7,9H,2-3,8H2,1H3. The van der Waals surface area contributed by atoms with Crippen LogP contribution in [0.1, 0.15) is 31.2 Å². The first-order valence-electron chi connectivity index (χ1n) is 4.55. The molecule has 2 heteroatoms. The second kappa shape index (κ2) is 5.23. The van der Waals surface area contributed by atoms with E-state index in [9.17, 15) is 4.39 Å². The van der Waals surface area contributed by atoms with Gasteiger partial charge in [-0.2, -0.15) is 0 Å². The van der Waals surface area contributed by atoms with Crippen LogP contribution in [0.4, 0.5) is 4.39 Å². The van der Waals surface area contributed by atoms with E-state index in [1.54, 1.807) is 0 Å². The summed E-state index contributed by atoms with van der Waals surface area (Å²) in [6, 6.07) is 7.77. The Bertz CT molecular complexity index is 243. The van der Waals surface area contributed by atoms with Gasteiger partial charge in [0.05, 0.1) is 6.67 Å². The number of halogens is 2. The van der Waals surface area contributed by atoms with E-state index in [0.29, 0.717) is 12.3 Å². The van der Waals surface area contributed by atoms with Gasteiger partial charge in [-0.25, -0.2) is 0 Å². The molecule has 0 saturated heterocycles. The van der Waals surface area contributed by atoms with E-state index >= 15 is 0 Å². The molecule has 1 aromatic rings. The van der Waals surface area contributed by atoms with E-state index in [4.69, 9.17) is 11.6 Å². The summed E-state index contributed by atoms with van der Waals surface area (Å²) < 4.78 is 11.9. The number of hydrogen-bond acceptors (Lipinski definition) is 0. The van der Waals surface area contributed by atoms with E-state index in [1.807, 2.05) is 24.3 Å². The maximum Gasteiger partial charge on any atom is 0.0894 e. The van der Waals surface area contributed by atoms with Crippen LogP contribution in [0.5, 0.6) is 0 Å². The first-order chi connectivity index (χ1) is 6.24. The van der Waals surface area contributed by atoms with Gasteiger partial charge in [-0.1, -0.05) is 30.7 Å². The molecule has 0 spiro atoms. The highest BCUT2D eigenvalue weighted by Gasteiger charge is 2.04. The first-order valence-corrected chi connectivity index (χ1v) is 4.93. The van der Waals surface area contributed by atoms with Crippen LogP contribution < -0.4 is 0 Å². The lowest BCUT2D eigenvalue weighted by atomic mass is 9.97. The summed E-state index contributed by atoms with van der Waals surface area (Å²) in [5.41, 5.74) is 1.23. The van der Waals surface area contributed by atoms with E-state index in [2.05, 4.69) is 6.92 Å². The molecular weight excluding hydrogens is 187 g/mol. The van der Waals surface area contributed by atoms with Crippen LogP contribution in [-0.4, -0.2) is 6.67 Å². The average Bonchev–Trinajstić information content (AvgIpc) is 2.15. The van der Waals surface area contributed by atoms with Crippen LogP contribution in [0.15, 0.2) is 24.3 Å². The predicted octanol–water partition coefficient (Wildman–Crippen LogP) is 4.19. The third-order valence-electron chi connectivity index (χ3n) is 2.21. The summed E-state index contributed by atoms with van der Waals surface area (Å²) in [4.78, 5) is 0. The summed E-state index contributed by atoms with van der Waals surface area (Å²) >= 11 is 5.76. The first kappa shape index (κ1) is 10.5. The Balaban J connectivity index is 2.55. The van der Waals surface area contributed by atoms with Gasteiger partial charge in [-0.3, -0.25) is 4.39 Å². The Labute approximate surface area is 83.7 Å². The maximum atomic E-state index is 11.9. The van der Waals surface area contributed by atoms with Gasteiger partial charge in [0.25, 0.3) is 0 Å². The lowest BCUT2D eigenvalue weighted by molar-refractivity contribution is 0.448. The average molecular weight is 201 g/mol. The Kier molecular flexibility index (Phi) is 4.23. The summed E-state index contributed by atoms with van der Waals surface area (Å²) in [6.07, 6.45) is 1.54. The molecule has 0 aromatic heterocycles. The zero-order chi connectivity index (χ0) is 9.68. The maximum absolute atomic E-state index is 11.9. The van der Waals surface area contributed by atoms with Crippen LogP contribution in [0.2, 0.25) is 5.02 Å². The van der Waals surface area contributed by atoms with Crippen molar-refractivity contribution in [3.63, 3.8) is 0 Å². The molecule has 1 atom stereocenters. The third-order valence-corrected chi connectivity index (χ3v) is 2.46. The second-order valence-electron chi connectivity index (χ2n) is 3.28. The highest BCUT2D eigenvalue weighted by atomic mass is 35.5. The summed E-state index contributed by atoms with van der Waals surface area (Å²) in [6.45, 7) is 1.89. The van der Waals surface area contributed by atoms with Gasteiger partial charge in [0, 0.05) is 5.02 Å². The number of benzene rings is 1. The predicted molar refractivity (Wildman–Crippen MR) is 55.1 cm³/mol. The molecule has 0 aliphatic rings. The molecule has 0 N–H and O–H groups in total. The normalized spacial score (nSPS) is 12.8. The van der Waals surface area contributed by atoms with Crippen molar-refractivity contribution in [1.82, 2.24) is 0 Å². The zero-order valence-corrected chi connectivity index (χ0v) is 8.52. The highest BCUT2D eigenvalue weighted by Crippen LogP contribution is 2.22. The quantitative estimate of drug-likeness (QED) is 0.684. The van der Waals surface area contributed by atoms with Crippen molar-refractivity contribution in [3.8, 4) is 0 Å². The molecule has 0 heterocycles. The van der Waals surface area contributed by atoms with E-state index < -0.39 is 0 Å². The molecule has 0 bridgehead atoms. The SMILES string of the molecule is CC(CCCF)c1ccc(Cl)cc1. The minimum atomic E-state index is -0.224. The van der Waals surface area contributed by atoms with Crippen molar-refractivity contribution in [2.24, 2.45) is 0 Å². The Morgan fingerprint density at radius 1 is 1.31 bits per heavy atom. The fraction of sp³-hybridized carbons (Fsp3) is 0.455. The summed E-state index contributed by atoms with van der Waals surface area (Å²) in [7, 11) is 0. The molecule has 0 aliphatic carbocycles. The van der Waals surface area contributed by atoms with Crippen molar-refractivity contribution >= 4 is 11.6 Å². The Hall–Kier alpha value is -0.560. The van der Waals surface area contributed by atoms with Crippen LogP contribution in [0.3, 0.4) is 0 Å². The molecule has 1 aromatic carbocycles. The Morgan fingerprint density at radius 2 is 1.92 bits per heavy atom. The molecule has 0 saturated carbocycles. The molecule has 0 radical (unpaired) electrons. The monoisotopic (exact) mass is 200 g/mol. The van der Waals surface area contributed by atoms with E-state index in [-0.39, 0.29) is 6.67 Å². The topological polar surface area (TPSA) is 0 Å². The van der Waals surface area contributed by atoms with Crippen molar-refractivity contribution < 1.29 is 4.39 Å². The van der Waals surface area contributed by atoms with Gasteiger partial charge in [0.2, 0.25) is 0 Å². The van der Waals surface area contributed by atoms with Gasteiger partial charge in [-0.05, 0) is 36.5 Å². The van der Waals surface area contributed by atoms with Crippen LogP contribution >= 0.6 is 11.6 Å². The van der Waals surface area contributed by atoms with Crippen LogP contribution in [-0.2, 0) is 0 Å². The van der Waals surface area contributed by atoms with Crippen molar-refractivity contribution in [3.05, 3.63) is 34.9 Å². The summed E-state index contributed by atoms with van der Waals surface area (Å²) in [5, 5.41) is 0.751. The van der Waals surface area contributed by atoms with Crippen LogP contribution in [0, 0.1) is 0 Å². The minimum Gasteiger partial charge on any atom is -0.251 e. The van der Waals surface area contributed by atoms with Crippen molar-refractivity contribution in [2.75, 3.05) is 6.67 Å². The molecule has 0 nitrogen and oxygen atoms in total. The van der Waals surface area contributed by atoms with Crippen molar-refractivity contribution in [2.45, 2.75) is 25.7 Å². The lowest BCUT2D eigenvalue weighted by Crippen LogP contribution is -1.93. The van der Waals surface area contributed by atoms with Gasteiger partial charge >= 0.3 is 0 Å². The van der Waals surface area contributed by atoms with Crippen LogP contribution in [0.25, 0.3) is 0 Å². The highest BCUT2D eigenvalue weighted by molar-refractivity contribution is 6.30. The summed E-state index contributed by atoms with van der Waals surface area (Å²) in [5.74, 6) is 0.424. The van der Waals surface area contributed by atoms with Gasteiger partial charge in [-0.15, -0.1) is 0 Å². The Morgan fingerprint density at radius 3 is 2.46 bits per heavy atom. The van der Waals surface area contributed by atoms with Gasteiger partial charge in [0.15, 0.2) is 0 Å². The molecule has 0 aliphatic heterocycles. The fourth-order valence-electron chi connectivity index (χ4n) is 1.34. The smallest absolute Gasteiger partial charge is 0.0894 e. The number of alkyl halides is 1. The van der Waals surface area contributed by atoms with Crippen molar-refractivity contribution in [1.29, 1.82) is 0 Å². The molecule has 72 valence electrons. The van der Waals surface area contributed by atoms with E-state index in [1.165, 1.54) is 5.56 Å². The van der Waals surface area contributed by atoms with Gasteiger partial charge < -0.3 is 0 Å². The molecule has 1 rings (SSSR count). The molecular formula is C11H14ClF. The fourth-order valence-corrected chi connectivity index (χ4v) is 1.47. The number of rotatable bonds is 4. The third kappa shape index (κ3) is 3.35. The second-order valence-corrected chi connectivity index (χ2v) is 3.72. The van der Waals surface area contributed by atoms with Gasteiger partial charge in [0.1, 0.15) is 0 Å². The largest absolute Gasteiger partial charge is 0.251 e. The van der Waals surface area contributed by atoms with E-state index in [0.717, 1.165) is 11.4 Å². The zero-order valence-electron chi connectivity index (χ0n) is 7.76. The molecule has 0 amide bonds. The molecule has 0 fully saturated rings. The minimum absolute atomic E-state index is 0.224. The lowest BCUT2D eigenvalue weighted by Gasteiger charge is -2.10. The molecule has 13 heavy (non-hydrogen) atoms. The molecule has 1 unspecified atom stereocenters. The number of hydrogen-bond donors (Lipinski definition) is 0.